The number of aliphatic hydroxyl groups is 1. The Morgan fingerprint density at radius 3 is 2.75 bits per heavy atom. The molecular formula is C17H26N6O. The Kier molecular flexibility index (Phi) is 4.14. The number of imidazole rings is 1. The smallest absolute Gasteiger partial charge is 0.165 e. The van der Waals surface area contributed by atoms with Gasteiger partial charge in [-0.05, 0) is 19.3 Å². The molecule has 1 unspecified atom stereocenters. The molecule has 1 saturated carbocycles. The first kappa shape index (κ1) is 15.8. The van der Waals surface area contributed by atoms with E-state index in [2.05, 4.69) is 24.4 Å². The van der Waals surface area contributed by atoms with Crippen molar-refractivity contribution in [3.05, 3.63) is 12.7 Å². The van der Waals surface area contributed by atoms with E-state index in [1.807, 2.05) is 6.33 Å². The maximum Gasteiger partial charge on any atom is 0.165 e. The standard InChI is InChI=1S/C17H26N6O/c18-15-14-16(20-11-19-15)23(12-21-14)13-5-8-22(9-13)10-17(24)6-3-1-2-4-7-17/h11-13,24H,1-10H2,(H2,18,19,20). The van der Waals surface area contributed by atoms with Gasteiger partial charge in [-0.3, -0.25) is 4.90 Å². The van der Waals surface area contributed by atoms with Crippen molar-refractivity contribution in [2.45, 2.75) is 56.6 Å². The third-order valence-corrected chi connectivity index (χ3v) is 5.58. The molecule has 4 rings (SSSR count). The average molecular weight is 330 g/mol. The summed E-state index contributed by atoms with van der Waals surface area (Å²) < 4.78 is 2.12. The number of rotatable bonds is 3. The highest BCUT2D eigenvalue weighted by Gasteiger charge is 2.34. The Morgan fingerprint density at radius 1 is 1.17 bits per heavy atom. The zero-order valence-corrected chi connectivity index (χ0v) is 14.1. The van der Waals surface area contributed by atoms with Gasteiger partial charge in [0.2, 0.25) is 0 Å². The van der Waals surface area contributed by atoms with Crippen molar-refractivity contribution >= 4 is 17.0 Å². The monoisotopic (exact) mass is 330 g/mol. The van der Waals surface area contributed by atoms with Crippen LogP contribution in [-0.4, -0.2) is 54.8 Å². The molecule has 2 aromatic heterocycles. The van der Waals surface area contributed by atoms with Crippen LogP contribution in [0.4, 0.5) is 5.82 Å². The van der Waals surface area contributed by atoms with Crippen molar-refractivity contribution in [3.8, 4) is 0 Å². The van der Waals surface area contributed by atoms with Crippen LogP contribution in [0.2, 0.25) is 0 Å². The molecule has 0 bridgehead atoms. The lowest BCUT2D eigenvalue weighted by Crippen LogP contribution is -2.42. The topological polar surface area (TPSA) is 93.1 Å². The second-order valence-corrected chi connectivity index (χ2v) is 7.40. The molecule has 3 heterocycles. The van der Waals surface area contributed by atoms with Crippen LogP contribution < -0.4 is 5.73 Å². The van der Waals surface area contributed by atoms with Crippen LogP contribution in [0.5, 0.6) is 0 Å². The average Bonchev–Trinajstić information content (AvgIpc) is 3.12. The first-order valence-corrected chi connectivity index (χ1v) is 9.02. The maximum atomic E-state index is 10.9. The van der Waals surface area contributed by atoms with Gasteiger partial charge in [0.15, 0.2) is 11.5 Å². The molecule has 0 amide bonds. The van der Waals surface area contributed by atoms with E-state index < -0.39 is 5.60 Å². The van der Waals surface area contributed by atoms with E-state index in [1.165, 1.54) is 19.2 Å². The predicted octanol–water partition coefficient (Wildman–Crippen LogP) is 1.74. The molecule has 1 aliphatic carbocycles. The van der Waals surface area contributed by atoms with Gasteiger partial charge in [0, 0.05) is 19.6 Å². The zero-order chi connectivity index (χ0) is 16.6. The number of nitrogen functional groups attached to an aromatic ring is 1. The van der Waals surface area contributed by atoms with E-state index >= 15 is 0 Å². The van der Waals surface area contributed by atoms with Gasteiger partial charge >= 0.3 is 0 Å². The molecular weight excluding hydrogens is 304 g/mol. The van der Waals surface area contributed by atoms with Crippen LogP contribution in [0.15, 0.2) is 12.7 Å². The minimum atomic E-state index is -0.505. The maximum absolute atomic E-state index is 10.9. The minimum absolute atomic E-state index is 0.332. The molecule has 24 heavy (non-hydrogen) atoms. The highest BCUT2D eigenvalue weighted by atomic mass is 16.3. The van der Waals surface area contributed by atoms with Crippen molar-refractivity contribution in [1.82, 2.24) is 24.4 Å². The summed E-state index contributed by atoms with van der Waals surface area (Å²) in [7, 11) is 0. The van der Waals surface area contributed by atoms with Crippen molar-refractivity contribution < 1.29 is 5.11 Å². The molecule has 7 heteroatoms. The van der Waals surface area contributed by atoms with Gasteiger partial charge in [0.05, 0.1) is 18.0 Å². The molecule has 0 radical (unpaired) electrons. The van der Waals surface area contributed by atoms with Crippen molar-refractivity contribution in [2.24, 2.45) is 0 Å². The molecule has 130 valence electrons. The fourth-order valence-electron chi connectivity index (χ4n) is 4.28. The fraction of sp³-hybridized carbons (Fsp3) is 0.706. The van der Waals surface area contributed by atoms with Crippen molar-refractivity contribution in [3.63, 3.8) is 0 Å². The summed E-state index contributed by atoms with van der Waals surface area (Å²) in [4.78, 5) is 15.1. The number of anilines is 1. The first-order valence-electron chi connectivity index (χ1n) is 9.02. The van der Waals surface area contributed by atoms with Crippen LogP contribution in [0.3, 0.4) is 0 Å². The minimum Gasteiger partial charge on any atom is -0.389 e. The number of hydrogen-bond acceptors (Lipinski definition) is 6. The van der Waals surface area contributed by atoms with E-state index in [9.17, 15) is 5.11 Å². The van der Waals surface area contributed by atoms with Crippen molar-refractivity contribution in [2.75, 3.05) is 25.4 Å². The third kappa shape index (κ3) is 2.98. The number of hydrogen-bond donors (Lipinski definition) is 2. The fourth-order valence-corrected chi connectivity index (χ4v) is 4.28. The van der Waals surface area contributed by atoms with E-state index in [0.29, 0.717) is 17.4 Å². The zero-order valence-electron chi connectivity index (χ0n) is 14.1. The highest BCUT2D eigenvalue weighted by molar-refractivity contribution is 5.81. The van der Waals surface area contributed by atoms with Gasteiger partial charge in [0.25, 0.3) is 0 Å². The summed E-state index contributed by atoms with van der Waals surface area (Å²) in [5.41, 5.74) is 6.86. The summed E-state index contributed by atoms with van der Waals surface area (Å²) in [5, 5.41) is 10.9. The normalized spacial score (nSPS) is 25.1. The van der Waals surface area contributed by atoms with Crippen LogP contribution in [0, 0.1) is 0 Å². The number of fused-ring (bicyclic) bond motifs is 1. The van der Waals surface area contributed by atoms with Crippen molar-refractivity contribution in [1.29, 1.82) is 0 Å². The molecule has 1 atom stereocenters. The number of β-amino-alcohol motifs (C(OH)–C–C–N with tert-alkyl or cyclic N) is 1. The Hall–Kier alpha value is -1.73. The molecule has 3 N–H and O–H groups in total. The Morgan fingerprint density at radius 2 is 1.96 bits per heavy atom. The largest absolute Gasteiger partial charge is 0.389 e. The Bertz CT molecular complexity index is 706. The molecule has 0 aromatic carbocycles. The van der Waals surface area contributed by atoms with E-state index in [1.54, 1.807) is 0 Å². The van der Waals surface area contributed by atoms with Crippen LogP contribution >= 0.6 is 0 Å². The SMILES string of the molecule is Nc1ncnc2c1ncn2C1CCN(CC2(O)CCCCCC2)C1. The van der Waals surface area contributed by atoms with Crippen LogP contribution in [0.1, 0.15) is 51.0 Å². The van der Waals surface area contributed by atoms with Gasteiger partial charge in [-0.15, -0.1) is 0 Å². The Labute approximate surface area is 141 Å². The summed E-state index contributed by atoms with van der Waals surface area (Å²) in [6.45, 7) is 2.72. The number of nitrogens with zero attached hydrogens (tertiary/aromatic N) is 5. The summed E-state index contributed by atoms with van der Waals surface area (Å²) >= 11 is 0. The van der Waals surface area contributed by atoms with Gasteiger partial charge in [-0.1, -0.05) is 25.7 Å². The van der Waals surface area contributed by atoms with E-state index in [0.717, 1.165) is 57.4 Å². The van der Waals surface area contributed by atoms with Crippen LogP contribution in [-0.2, 0) is 0 Å². The summed E-state index contributed by atoms with van der Waals surface area (Å²) in [6.07, 6.45) is 11.1. The van der Waals surface area contributed by atoms with E-state index in [-0.39, 0.29) is 0 Å². The lowest BCUT2D eigenvalue weighted by molar-refractivity contribution is -0.00448. The summed E-state index contributed by atoms with van der Waals surface area (Å²) in [5.74, 6) is 0.432. The second-order valence-electron chi connectivity index (χ2n) is 7.40. The number of aromatic nitrogens is 4. The predicted molar refractivity (Wildman–Crippen MR) is 92.5 cm³/mol. The Balaban J connectivity index is 1.47. The lowest BCUT2D eigenvalue weighted by atomic mass is 9.94. The molecule has 2 fully saturated rings. The third-order valence-electron chi connectivity index (χ3n) is 5.58. The second kappa shape index (κ2) is 6.29. The van der Waals surface area contributed by atoms with Gasteiger partial charge in [-0.25, -0.2) is 15.0 Å². The first-order chi connectivity index (χ1) is 11.6. The quantitative estimate of drug-likeness (QED) is 0.833. The van der Waals surface area contributed by atoms with Gasteiger partial charge in [0.1, 0.15) is 11.8 Å². The number of nitrogens with two attached hydrogens (primary N) is 1. The molecule has 1 saturated heterocycles. The summed E-state index contributed by atoms with van der Waals surface area (Å²) in [6, 6.07) is 0.332. The molecule has 2 aliphatic rings. The highest BCUT2D eigenvalue weighted by Crippen LogP contribution is 2.31. The van der Waals surface area contributed by atoms with Crippen LogP contribution in [0.25, 0.3) is 11.2 Å². The molecule has 0 spiro atoms. The van der Waals surface area contributed by atoms with Gasteiger partial charge in [-0.2, -0.15) is 0 Å². The lowest BCUT2D eigenvalue weighted by Gasteiger charge is -2.31. The van der Waals surface area contributed by atoms with Gasteiger partial charge < -0.3 is 15.4 Å². The number of likely N-dealkylation sites (tertiary alicyclic amines) is 1. The molecule has 2 aromatic rings. The molecule has 1 aliphatic heterocycles. The molecule has 7 nitrogen and oxygen atoms in total. The van der Waals surface area contributed by atoms with E-state index in [4.69, 9.17) is 5.73 Å².